The van der Waals surface area contributed by atoms with Crippen LogP contribution in [0.15, 0.2) is 67.0 Å². The number of carbonyl (C=O) groups excluding carboxylic acids is 1. The van der Waals surface area contributed by atoms with Crippen LogP contribution in [0, 0.1) is 5.95 Å². The van der Waals surface area contributed by atoms with Gasteiger partial charge in [-0.2, -0.15) is 9.49 Å². The van der Waals surface area contributed by atoms with Crippen molar-refractivity contribution in [3.05, 3.63) is 78.5 Å². The number of pyridine rings is 1. The molecule has 0 fully saturated rings. The predicted octanol–water partition coefficient (Wildman–Crippen LogP) is 4.44. The van der Waals surface area contributed by atoms with Crippen LogP contribution in [0.3, 0.4) is 0 Å². The highest BCUT2D eigenvalue weighted by atomic mass is 19.1. The Morgan fingerprint density at radius 2 is 1.93 bits per heavy atom. The molecule has 2 aromatic carbocycles. The van der Waals surface area contributed by atoms with Crippen molar-refractivity contribution in [1.29, 1.82) is 0 Å². The molecule has 0 aliphatic heterocycles. The van der Waals surface area contributed by atoms with Crippen molar-refractivity contribution in [2.45, 2.75) is 19.4 Å². The van der Waals surface area contributed by atoms with E-state index in [2.05, 4.69) is 25.8 Å². The van der Waals surface area contributed by atoms with E-state index in [1.807, 2.05) is 49.4 Å². The van der Waals surface area contributed by atoms with E-state index < -0.39 is 5.95 Å². The maximum absolute atomic E-state index is 13.9. The Labute approximate surface area is 173 Å². The van der Waals surface area contributed by atoms with Crippen molar-refractivity contribution >= 4 is 22.5 Å². The van der Waals surface area contributed by atoms with Gasteiger partial charge in [0.2, 0.25) is 11.9 Å². The number of anilines is 1. The van der Waals surface area contributed by atoms with Gasteiger partial charge in [-0.25, -0.2) is 0 Å². The van der Waals surface area contributed by atoms with E-state index in [4.69, 9.17) is 0 Å². The van der Waals surface area contributed by atoms with Crippen LogP contribution in [0.1, 0.15) is 24.9 Å². The second-order valence-electron chi connectivity index (χ2n) is 7.00. The average Bonchev–Trinajstić information content (AvgIpc) is 3.17. The minimum atomic E-state index is -0.454. The number of fused-ring (bicyclic) bond motifs is 1. The van der Waals surface area contributed by atoms with Gasteiger partial charge in [-0.15, -0.1) is 0 Å². The molecule has 0 aliphatic carbocycles. The molecule has 7 heteroatoms. The van der Waals surface area contributed by atoms with Crippen molar-refractivity contribution in [3.8, 4) is 11.1 Å². The fourth-order valence-corrected chi connectivity index (χ4v) is 3.31. The smallest absolute Gasteiger partial charge is 0.219 e. The second kappa shape index (κ2) is 8.73. The van der Waals surface area contributed by atoms with Crippen molar-refractivity contribution in [1.82, 2.24) is 20.5 Å². The van der Waals surface area contributed by atoms with E-state index in [9.17, 15) is 9.18 Å². The summed E-state index contributed by atoms with van der Waals surface area (Å²) in [5.41, 5.74) is 4.14. The number of hydrogen-bond acceptors (Lipinski definition) is 4. The molecule has 0 aliphatic rings. The molecule has 4 aromatic rings. The number of rotatable bonds is 7. The fourth-order valence-electron chi connectivity index (χ4n) is 3.31. The molecule has 152 valence electrons. The number of H-pyrrole nitrogens is 1. The van der Waals surface area contributed by atoms with Gasteiger partial charge in [-0.05, 0) is 29.3 Å². The number of aromatic nitrogens is 3. The maximum atomic E-state index is 13.9. The summed E-state index contributed by atoms with van der Waals surface area (Å²) in [5.74, 6) is -0.454. The van der Waals surface area contributed by atoms with Gasteiger partial charge in [0.25, 0.3) is 0 Å². The van der Waals surface area contributed by atoms with Crippen molar-refractivity contribution < 1.29 is 9.18 Å². The lowest BCUT2D eigenvalue weighted by molar-refractivity contribution is -0.120. The lowest BCUT2D eigenvalue weighted by Crippen LogP contribution is -2.31. The molecule has 0 saturated carbocycles. The third kappa shape index (κ3) is 4.30. The highest BCUT2D eigenvalue weighted by Crippen LogP contribution is 2.27. The van der Waals surface area contributed by atoms with E-state index in [1.165, 1.54) is 0 Å². The molecule has 30 heavy (non-hydrogen) atoms. The van der Waals surface area contributed by atoms with E-state index in [-0.39, 0.29) is 11.9 Å². The van der Waals surface area contributed by atoms with Crippen molar-refractivity contribution in [2.75, 3.05) is 11.9 Å². The maximum Gasteiger partial charge on any atom is 0.219 e. The summed E-state index contributed by atoms with van der Waals surface area (Å²) in [6, 6.07) is 17.2. The predicted molar refractivity (Wildman–Crippen MR) is 115 cm³/mol. The van der Waals surface area contributed by atoms with Gasteiger partial charge in [0, 0.05) is 30.9 Å². The average molecular weight is 403 g/mol. The van der Waals surface area contributed by atoms with Gasteiger partial charge in [0.1, 0.15) is 0 Å². The highest BCUT2D eigenvalue weighted by Gasteiger charge is 2.14. The van der Waals surface area contributed by atoms with Crippen LogP contribution < -0.4 is 10.6 Å². The molecule has 0 radical (unpaired) electrons. The summed E-state index contributed by atoms with van der Waals surface area (Å²) in [6.07, 6.45) is 3.91. The molecule has 0 spiro atoms. The Kier molecular flexibility index (Phi) is 5.70. The van der Waals surface area contributed by atoms with Gasteiger partial charge < -0.3 is 10.6 Å². The molecule has 1 amide bonds. The Morgan fingerprint density at radius 3 is 2.73 bits per heavy atom. The fraction of sp³-hybridized carbons (Fsp3) is 0.174. The topological polar surface area (TPSA) is 82.7 Å². The van der Waals surface area contributed by atoms with Gasteiger partial charge in [-0.3, -0.25) is 14.9 Å². The van der Waals surface area contributed by atoms with Crippen LogP contribution in [0.4, 0.5) is 10.1 Å². The minimum absolute atomic E-state index is 0.0000445. The van der Waals surface area contributed by atoms with Gasteiger partial charge in [-0.1, -0.05) is 43.3 Å². The van der Waals surface area contributed by atoms with E-state index in [0.717, 1.165) is 22.4 Å². The summed E-state index contributed by atoms with van der Waals surface area (Å²) in [6.45, 7) is 2.28. The molecule has 0 saturated heterocycles. The summed E-state index contributed by atoms with van der Waals surface area (Å²) in [5, 5.41) is 13.1. The molecule has 1 atom stereocenters. The third-order valence-electron chi connectivity index (χ3n) is 4.95. The number of amides is 1. The number of nitrogens with zero attached hydrogens (tertiary/aromatic N) is 2. The first-order chi connectivity index (χ1) is 14.6. The Hall–Kier alpha value is -3.74. The first-order valence-electron chi connectivity index (χ1n) is 9.81. The number of carbonyl (C=O) groups is 1. The zero-order valence-corrected chi connectivity index (χ0v) is 16.5. The Balaban J connectivity index is 1.60. The molecular weight excluding hydrogens is 381 g/mol. The number of benzene rings is 2. The summed E-state index contributed by atoms with van der Waals surface area (Å²) in [4.78, 5) is 16.1. The first-order valence-corrected chi connectivity index (χ1v) is 9.81. The normalized spacial score (nSPS) is 11.9. The Morgan fingerprint density at radius 1 is 1.10 bits per heavy atom. The van der Waals surface area contributed by atoms with Gasteiger partial charge >= 0.3 is 0 Å². The lowest BCUT2D eigenvalue weighted by atomic mass is 10.0. The third-order valence-corrected chi connectivity index (χ3v) is 4.95. The number of halogens is 1. The largest absolute Gasteiger partial charge is 0.375 e. The van der Waals surface area contributed by atoms with E-state index in [0.29, 0.717) is 23.9 Å². The molecule has 2 aromatic heterocycles. The number of aromatic amines is 1. The van der Waals surface area contributed by atoms with Gasteiger partial charge in [0.15, 0.2) is 0 Å². The minimum Gasteiger partial charge on any atom is -0.375 e. The molecule has 1 unspecified atom stereocenters. The quantitative estimate of drug-likeness (QED) is 0.426. The Bertz CT molecular complexity index is 1160. The van der Waals surface area contributed by atoms with Crippen LogP contribution in [0.2, 0.25) is 0 Å². The number of hydrogen-bond donors (Lipinski definition) is 3. The monoisotopic (exact) mass is 403 g/mol. The van der Waals surface area contributed by atoms with Crippen LogP contribution in [-0.4, -0.2) is 27.6 Å². The zero-order chi connectivity index (χ0) is 20.9. The first kappa shape index (κ1) is 19.6. The number of nitrogens with one attached hydrogen (secondary N) is 3. The summed E-state index contributed by atoms with van der Waals surface area (Å²) < 4.78 is 13.9. The standard InChI is InChI=1S/C23H22FN5O/c1-2-22(30)26-14-21(15-6-4-3-5-7-15)27-18-10-17(12-25-13-18)16-8-9-20-19(11-16)23(24)29-28-20/h3-13,21,27H,2,14H2,1H3,(H,26,30)(H,28,29). The molecular formula is C23H22FN5O. The van der Waals surface area contributed by atoms with E-state index in [1.54, 1.807) is 24.5 Å². The van der Waals surface area contributed by atoms with E-state index >= 15 is 0 Å². The second-order valence-corrected chi connectivity index (χ2v) is 7.00. The highest BCUT2D eigenvalue weighted by molar-refractivity contribution is 5.84. The van der Waals surface area contributed by atoms with Crippen LogP contribution >= 0.6 is 0 Å². The molecule has 2 heterocycles. The molecule has 3 N–H and O–H groups in total. The molecule has 0 bridgehead atoms. The molecule has 4 rings (SSSR count). The van der Waals surface area contributed by atoms with Crippen LogP contribution in [0.5, 0.6) is 0 Å². The van der Waals surface area contributed by atoms with Crippen molar-refractivity contribution in [2.24, 2.45) is 0 Å². The van der Waals surface area contributed by atoms with Gasteiger partial charge in [0.05, 0.1) is 22.6 Å². The van der Waals surface area contributed by atoms with Crippen LogP contribution in [-0.2, 0) is 4.79 Å². The van der Waals surface area contributed by atoms with Crippen LogP contribution in [0.25, 0.3) is 22.0 Å². The van der Waals surface area contributed by atoms with Crippen molar-refractivity contribution in [3.63, 3.8) is 0 Å². The molecule has 6 nitrogen and oxygen atoms in total. The summed E-state index contributed by atoms with van der Waals surface area (Å²) in [7, 11) is 0. The SMILES string of the molecule is CCC(=O)NCC(Nc1cncc(-c2ccc3n[nH]c(F)c3c2)c1)c1ccccc1. The summed E-state index contributed by atoms with van der Waals surface area (Å²) >= 11 is 0. The zero-order valence-electron chi connectivity index (χ0n) is 16.5. The lowest BCUT2D eigenvalue weighted by Gasteiger charge is -2.21.